The fourth-order valence-corrected chi connectivity index (χ4v) is 7.41. The van der Waals surface area contributed by atoms with Crippen LogP contribution in [0.4, 0.5) is 17.1 Å². The summed E-state index contributed by atoms with van der Waals surface area (Å²) in [4.78, 5) is 0. The second-order valence-electron chi connectivity index (χ2n) is 10.4. The molecule has 0 bridgehead atoms. The highest BCUT2D eigenvalue weighted by Gasteiger charge is 2.06. The van der Waals surface area contributed by atoms with E-state index in [1.807, 2.05) is 53.9 Å². The number of nitrogens with two attached hydrogens (primary N) is 1. The Hall–Kier alpha value is -4.16. The van der Waals surface area contributed by atoms with Crippen molar-refractivity contribution in [2.45, 2.75) is 21.3 Å². The van der Waals surface area contributed by atoms with Crippen molar-refractivity contribution in [3.8, 4) is 0 Å². The van der Waals surface area contributed by atoms with Crippen LogP contribution in [0.15, 0.2) is 138 Å². The summed E-state index contributed by atoms with van der Waals surface area (Å²) >= 11 is 7.21. The first-order valence-electron chi connectivity index (χ1n) is 14.1. The van der Waals surface area contributed by atoms with Crippen LogP contribution in [0.25, 0.3) is 40.3 Å². The van der Waals surface area contributed by atoms with Crippen LogP contribution in [0.3, 0.4) is 0 Å². The highest BCUT2D eigenvalue weighted by atomic mass is 79.9. The van der Waals surface area contributed by atoms with Crippen molar-refractivity contribution in [2.24, 2.45) is 0 Å². The molecule has 2 heterocycles. The molecule has 0 atom stereocenters. The Labute approximate surface area is 275 Å². The van der Waals surface area contributed by atoms with Gasteiger partial charge in [0.05, 0.1) is 0 Å². The predicted molar refractivity (Wildman–Crippen MR) is 203 cm³/mol. The molecule has 5 heteroatoms. The van der Waals surface area contributed by atoms with Gasteiger partial charge in [-0.25, -0.2) is 0 Å². The fourth-order valence-electron chi connectivity index (χ4n) is 4.87. The quantitative estimate of drug-likeness (QED) is 0.179. The van der Waals surface area contributed by atoms with Crippen molar-refractivity contribution in [3.63, 3.8) is 0 Å². The van der Waals surface area contributed by atoms with E-state index in [1.165, 1.54) is 51.5 Å². The van der Waals surface area contributed by atoms with Gasteiger partial charge in [-0.3, -0.25) is 0 Å². The van der Waals surface area contributed by atoms with E-state index in [4.69, 9.17) is 5.73 Å². The summed E-state index contributed by atoms with van der Waals surface area (Å²) in [5.41, 5.74) is 11.0. The summed E-state index contributed by atoms with van der Waals surface area (Å²) in [5.74, 6) is 0. The summed E-state index contributed by atoms with van der Waals surface area (Å²) in [6, 6.07) is 46.5. The van der Waals surface area contributed by atoms with Gasteiger partial charge in [0.2, 0.25) is 0 Å². The van der Waals surface area contributed by atoms with Gasteiger partial charge in [0.25, 0.3) is 0 Å². The van der Waals surface area contributed by atoms with E-state index < -0.39 is 0 Å². The molecule has 2 nitrogen and oxygen atoms in total. The Kier molecular flexibility index (Phi) is 10.0. The highest BCUT2D eigenvalue weighted by molar-refractivity contribution is 9.10. The van der Waals surface area contributed by atoms with Gasteiger partial charge in [-0.2, -0.15) is 0 Å². The molecular weight excluding hydrogens is 640 g/mol. The van der Waals surface area contributed by atoms with Gasteiger partial charge in [-0.05, 0) is 86.6 Å². The summed E-state index contributed by atoms with van der Waals surface area (Å²) in [7, 11) is 0. The molecule has 0 amide bonds. The molecule has 0 aliphatic heterocycles. The lowest BCUT2D eigenvalue weighted by molar-refractivity contribution is 1.46. The third kappa shape index (κ3) is 7.31. The molecule has 6 aromatic carbocycles. The summed E-state index contributed by atoms with van der Waals surface area (Å²) in [6.45, 7) is 4.15. The van der Waals surface area contributed by atoms with E-state index in [1.54, 1.807) is 0 Å². The molecule has 8 aromatic rings. The molecule has 0 radical (unpaired) electrons. The number of hydrogen-bond donors (Lipinski definition) is 2. The molecule has 220 valence electrons. The highest BCUT2D eigenvalue weighted by Crippen LogP contribution is 2.36. The topological polar surface area (TPSA) is 38.0 Å². The third-order valence-corrected chi connectivity index (χ3v) is 9.93. The molecule has 0 aliphatic carbocycles. The summed E-state index contributed by atoms with van der Waals surface area (Å²) < 4.78 is 6.55. The van der Waals surface area contributed by atoms with Gasteiger partial charge in [0.1, 0.15) is 0 Å². The van der Waals surface area contributed by atoms with E-state index in [0.29, 0.717) is 0 Å². The smallest absolute Gasteiger partial charge is 0.0391 e. The first kappa shape index (κ1) is 31.3. The number of nitrogen functional groups attached to an aromatic ring is 1. The Balaban J connectivity index is 0.000000144. The lowest BCUT2D eigenvalue weighted by Gasteiger charge is -2.07. The van der Waals surface area contributed by atoms with Crippen molar-refractivity contribution in [1.82, 2.24) is 0 Å². The second-order valence-corrected chi connectivity index (χ2v) is 13.5. The molecule has 44 heavy (non-hydrogen) atoms. The van der Waals surface area contributed by atoms with E-state index in [-0.39, 0.29) is 7.43 Å². The minimum absolute atomic E-state index is 0. The molecule has 0 spiro atoms. The molecule has 2 aromatic heterocycles. The number of fused-ring (bicyclic) bond motifs is 6. The largest absolute Gasteiger partial charge is 0.399 e. The zero-order valence-electron chi connectivity index (χ0n) is 24.0. The minimum atomic E-state index is 0. The SMILES string of the molecule is Brc1ccc2sc3ccccc3c2c1.C.Cc1ccc(N)cc1.Cc1ccc(Nc2ccc3sc4ccccc4c3c2)cc1. The number of halogens is 1. The Bertz CT molecular complexity index is 2120. The van der Waals surface area contributed by atoms with Crippen LogP contribution in [0.2, 0.25) is 0 Å². The van der Waals surface area contributed by atoms with Gasteiger partial charge in [0, 0.05) is 61.9 Å². The number of benzene rings is 6. The van der Waals surface area contributed by atoms with Gasteiger partial charge >= 0.3 is 0 Å². The van der Waals surface area contributed by atoms with Gasteiger partial charge in [-0.1, -0.05) is 95.1 Å². The fraction of sp³-hybridized carbons (Fsp3) is 0.0769. The maximum atomic E-state index is 5.43. The number of hydrogen-bond acceptors (Lipinski definition) is 4. The maximum Gasteiger partial charge on any atom is 0.0391 e. The number of rotatable bonds is 2. The van der Waals surface area contributed by atoms with Crippen molar-refractivity contribution < 1.29 is 0 Å². The minimum Gasteiger partial charge on any atom is -0.399 e. The van der Waals surface area contributed by atoms with Crippen LogP contribution in [-0.2, 0) is 0 Å². The lowest BCUT2D eigenvalue weighted by Crippen LogP contribution is -1.89. The van der Waals surface area contributed by atoms with Gasteiger partial charge in [0.15, 0.2) is 0 Å². The van der Waals surface area contributed by atoms with Crippen LogP contribution >= 0.6 is 38.6 Å². The Morgan fingerprint density at radius 1 is 0.500 bits per heavy atom. The van der Waals surface area contributed by atoms with Crippen molar-refractivity contribution in [1.29, 1.82) is 0 Å². The van der Waals surface area contributed by atoms with Crippen molar-refractivity contribution in [2.75, 3.05) is 11.1 Å². The van der Waals surface area contributed by atoms with Crippen LogP contribution in [-0.4, -0.2) is 0 Å². The summed E-state index contributed by atoms with van der Waals surface area (Å²) in [6.07, 6.45) is 0. The van der Waals surface area contributed by atoms with Crippen LogP contribution in [0.5, 0.6) is 0 Å². The first-order valence-corrected chi connectivity index (χ1v) is 16.5. The summed E-state index contributed by atoms with van der Waals surface area (Å²) in [5, 5.41) is 8.85. The zero-order chi connectivity index (χ0) is 29.8. The molecule has 0 unspecified atom stereocenters. The van der Waals surface area contributed by atoms with E-state index in [0.717, 1.165) is 21.5 Å². The van der Waals surface area contributed by atoms with Crippen LogP contribution in [0.1, 0.15) is 18.6 Å². The number of thiophene rings is 2. The predicted octanol–water partition coefficient (Wildman–Crippen LogP) is 13.1. The third-order valence-electron chi connectivity index (χ3n) is 7.13. The second kappa shape index (κ2) is 14.1. The molecule has 3 N–H and O–H groups in total. The van der Waals surface area contributed by atoms with Crippen LogP contribution < -0.4 is 11.1 Å². The molecule has 0 fully saturated rings. The monoisotopic (exact) mass is 674 g/mol. The Morgan fingerprint density at radius 2 is 0.955 bits per heavy atom. The van der Waals surface area contributed by atoms with Gasteiger partial charge in [-0.15, -0.1) is 22.7 Å². The zero-order valence-corrected chi connectivity index (χ0v) is 27.2. The molecular formula is C39H35BrN2S2. The van der Waals surface area contributed by atoms with Crippen molar-refractivity contribution in [3.05, 3.63) is 149 Å². The average Bonchev–Trinajstić information content (AvgIpc) is 3.58. The molecule has 0 saturated heterocycles. The Morgan fingerprint density at radius 3 is 1.52 bits per heavy atom. The molecule has 0 aliphatic rings. The van der Waals surface area contributed by atoms with E-state index >= 15 is 0 Å². The number of nitrogens with one attached hydrogen (secondary N) is 1. The number of aryl methyl sites for hydroxylation is 2. The van der Waals surface area contributed by atoms with E-state index in [2.05, 4.69) is 137 Å². The van der Waals surface area contributed by atoms with E-state index in [9.17, 15) is 0 Å². The van der Waals surface area contributed by atoms with Crippen molar-refractivity contribution >= 4 is 96.0 Å². The first-order chi connectivity index (χ1) is 20.9. The molecule has 8 rings (SSSR count). The maximum absolute atomic E-state index is 5.43. The normalized spacial score (nSPS) is 10.5. The molecule has 0 saturated carbocycles. The number of anilines is 3. The standard InChI is InChI=1S/C19H15NS.C12H7BrS.C7H9N.CH4/c1-13-6-8-14(9-7-13)20-15-10-11-19-17(12-15)16-4-2-3-5-18(16)21-19;13-8-5-6-12-10(7-8)9-3-1-2-4-11(9)14-12;1-6-2-4-7(8)5-3-6;/h2-12,20H,1H3;1-7H;2-5H,8H2,1H3;1H4. The van der Waals surface area contributed by atoms with Gasteiger partial charge < -0.3 is 11.1 Å². The lowest BCUT2D eigenvalue weighted by atomic mass is 10.1. The van der Waals surface area contributed by atoms with Crippen LogP contribution in [0, 0.1) is 13.8 Å². The average molecular weight is 676 g/mol.